The zero-order valence-corrected chi connectivity index (χ0v) is 15.6. The fourth-order valence-electron chi connectivity index (χ4n) is 2.26. The molecule has 0 aliphatic heterocycles. The minimum Gasteiger partial charge on any atom is -0.301 e. The summed E-state index contributed by atoms with van der Waals surface area (Å²) in [5, 5.41) is 5.48. The molecule has 1 aromatic carbocycles. The summed E-state index contributed by atoms with van der Waals surface area (Å²) < 4.78 is 0. The fraction of sp³-hybridized carbons (Fsp3) is 0.211. The lowest BCUT2D eigenvalue weighted by molar-refractivity contribution is -0.113. The van der Waals surface area contributed by atoms with Gasteiger partial charge < -0.3 is 5.32 Å². The highest BCUT2D eigenvalue weighted by Crippen LogP contribution is 2.25. The molecule has 0 unspecified atom stereocenters. The van der Waals surface area contributed by atoms with E-state index in [2.05, 4.69) is 46.5 Å². The number of nitrogens with one attached hydrogen (secondary N) is 1. The van der Waals surface area contributed by atoms with Crippen molar-refractivity contribution in [3.63, 3.8) is 0 Å². The molecule has 0 atom stereocenters. The van der Waals surface area contributed by atoms with Gasteiger partial charge in [0.1, 0.15) is 0 Å². The highest BCUT2D eigenvalue weighted by Gasteiger charge is 2.08. The van der Waals surface area contributed by atoms with Crippen molar-refractivity contribution in [1.82, 2.24) is 9.97 Å². The Hall–Kier alpha value is -2.18. The Morgan fingerprint density at radius 3 is 2.76 bits per heavy atom. The van der Waals surface area contributed by atoms with E-state index in [4.69, 9.17) is 0 Å². The minimum absolute atomic E-state index is 0.0387. The maximum absolute atomic E-state index is 12.0. The van der Waals surface area contributed by atoms with E-state index in [0.717, 1.165) is 29.1 Å². The molecule has 25 heavy (non-hydrogen) atoms. The van der Waals surface area contributed by atoms with Gasteiger partial charge in [-0.2, -0.15) is 0 Å². The molecule has 0 bridgehead atoms. The minimum atomic E-state index is -0.0387. The van der Waals surface area contributed by atoms with Crippen LogP contribution in [0.25, 0.3) is 11.3 Å². The van der Waals surface area contributed by atoms with Crippen LogP contribution in [0.1, 0.15) is 18.2 Å². The van der Waals surface area contributed by atoms with Crippen LogP contribution in [0.4, 0.5) is 5.13 Å². The summed E-state index contributed by atoms with van der Waals surface area (Å²) in [6, 6.07) is 14.2. The second-order valence-electron chi connectivity index (χ2n) is 5.45. The lowest BCUT2D eigenvalue weighted by Crippen LogP contribution is -2.14. The molecule has 0 radical (unpaired) electrons. The SMILES string of the molecule is CCc1ccc(-c2csc(NC(=O)CSCc3ccccn3)n2)cc1. The average molecular weight is 370 g/mol. The molecule has 4 nitrogen and oxygen atoms in total. The summed E-state index contributed by atoms with van der Waals surface area (Å²) in [7, 11) is 0. The molecule has 0 saturated heterocycles. The number of aromatic nitrogens is 2. The van der Waals surface area contributed by atoms with E-state index in [-0.39, 0.29) is 5.91 Å². The number of thiazole rings is 1. The van der Waals surface area contributed by atoms with E-state index in [1.807, 2.05) is 23.6 Å². The van der Waals surface area contributed by atoms with E-state index < -0.39 is 0 Å². The molecule has 128 valence electrons. The van der Waals surface area contributed by atoms with Crippen LogP contribution in [-0.4, -0.2) is 21.6 Å². The van der Waals surface area contributed by atoms with Crippen LogP contribution in [-0.2, 0) is 17.0 Å². The van der Waals surface area contributed by atoms with E-state index in [0.29, 0.717) is 10.9 Å². The molecule has 1 amide bonds. The number of rotatable bonds is 7. The molecule has 3 rings (SSSR count). The van der Waals surface area contributed by atoms with Gasteiger partial charge in [-0.3, -0.25) is 9.78 Å². The quantitative estimate of drug-likeness (QED) is 0.659. The zero-order valence-electron chi connectivity index (χ0n) is 13.9. The number of pyridine rings is 1. The van der Waals surface area contributed by atoms with Gasteiger partial charge in [0.2, 0.25) is 5.91 Å². The summed E-state index contributed by atoms with van der Waals surface area (Å²) >= 11 is 2.99. The number of thioether (sulfide) groups is 1. The molecule has 3 aromatic rings. The van der Waals surface area contributed by atoms with Crippen molar-refractivity contribution in [3.8, 4) is 11.3 Å². The summed E-state index contributed by atoms with van der Waals surface area (Å²) in [6.07, 6.45) is 2.79. The van der Waals surface area contributed by atoms with Crippen LogP contribution in [0.2, 0.25) is 0 Å². The van der Waals surface area contributed by atoms with Crippen LogP contribution in [0, 0.1) is 0 Å². The lowest BCUT2D eigenvalue weighted by Gasteiger charge is -2.02. The Morgan fingerprint density at radius 2 is 2.04 bits per heavy atom. The third-order valence-electron chi connectivity index (χ3n) is 3.62. The summed E-state index contributed by atoms with van der Waals surface area (Å²) in [5.41, 5.74) is 4.24. The van der Waals surface area contributed by atoms with Crippen LogP contribution < -0.4 is 5.32 Å². The summed E-state index contributed by atoms with van der Waals surface area (Å²) in [4.78, 5) is 20.8. The Bertz CT molecular complexity index is 816. The van der Waals surface area contributed by atoms with E-state index >= 15 is 0 Å². The molecule has 2 aromatic heterocycles. The summed E-state index contributed by atoms with van der Waals surface area (Å²) in [6.45, 7) is 2.14. The van der Waals surface area contributed by atoms with Gasteiger partial charge in [0.25, 0.3) is 0 Å². The first-order valence-electron chi connectivity index (χ1n) is 8.07. The largest absolute Gasteiger partial charge is 0.301 e. The zero-order chi connectivity index (χ0) is 17.5. The number of hydrogen-bond donors (Lipinski definition) is 1. The highest BCUT2D eigenvalue weighted by atomic mass is 32.2. The Labute approximate surface area is 155 Å². The van der Waals surface area contributed by atoms with Gasteiger partial charge in [-0.1, -0.05) is 37.3 Å². The van der Waals surface area contributed by atoms with Crippen LogP contribution >= 0.6 is 23.1 Å². The fourth-order valence-corrected chi connectivity index (χ4v) is 3.74. The van der Waals surface area contributed by atoms with Gasteiger partial charge in [-0.05, 0) is 24.1 Å². The van der Waals surface area contributed by atoms with Gasteiger partial charge in [0, 0.05) is 22.9 Å². The first-order valence-corrected chi connectivity index (χ1v) is 10.1. The number of amides is 1. The smallest absolute Gasteiger partial charge is 0.236 e. The second kappa shape index (κ2) is 8.78. The molecule has 0 spiro atoms. The van der Waals surface area contributed by atoms with E-state index in [1.165, 1.54) is 16.9 Å². The van der Waals surface area contributed by atoms with Gasteiger partial charge in [0.05, 0.1) is 17.1 Å². The van der Waals surface area contributed by atoms with Crippen LogP contribution in [0.15, 0.2) is 54.0 Å². The van der Waals surface area contributed by atoms with Crippen molar-refractivity contribution in [1.29, 1.82) is 0 Å². The molecule has 0 aliphatic carbocycles. The molecule has 1 N–H and O–H groups in total. The number of hydrogen-bond acceptors (Lipinski definition) is 5. The first kappa shape index (κ1) is 17.6. The van der Waals surface area contributed by atoms with E-state index in [1.54, 1.807) is 18.0 Å². The maximum atomic E-state index is 12.0. The number of aryl methyl sites for hydroxylation is 1. The molecule has 0 fully saturated rings. The van der Waals surface area contributed by atoms with Gasteiger partial charge in [0.15, 0.2) is 5.13 Å². The van der Waals surface area contributed by atoms with Crippen molar-refractivity contribution in [2.45, 2.75) is 19.1 Å². The number of nitrogens with zero attached hydrogens (tertiary/aromatic N) is 2. The maximum Gasteiger partial charge on any atom is 0.236 e. The second-order valence-corrected chi connectivity index (χ2v) is 7.29. The monoisotopic (exact) mass is 369 g/mol. The molecular weight excluding hydrogens is 350 g/mol. The number of carbonyl (C=O) groups excluding carboxylic acids is 1. The first-order chi connectivity index (χ1) is 12.2. The molecule has 0 saturated carbocycles. The van der Waals surface area contributed by atoms with E-state index in [9.17, 15) is 4.79 Å². The lowest BCUT2D eigenvalue weighted by atomic mass is 10.1. The van der Waals surface area contributed by atoms with Crippen molar-refractivity contribution in [2.75, 3.05) is 11.1 Å². The van der Waals surface area contributed by atoms with Gasteiger partial charge in [-0.25, -0.2) is 4.98 Å². The summed E-state index contributed by atoms with van der Waals surface area (Å²) in [5.74, 6) is 1.07. The standard InChI is InChI=1S/C19H19N3OS2/c1-2-14-6-8-15(9-7-14)17-12-25-19(21-17)22-18(23)13-24-11-16-5-3-4-10-20-16/h3-10,12H,2,11,13H2,1H3,(H,21,22,23). The molecule has 2 heterocycles. The van der Waals surface area contributed by atoms with Gasteiger partial charge >= 0.3 is 0 Å². The number of anilines is 1. The van der Waals surface area contributed by atoms with Crippen LogP contribution in [0.5, 0.6) is 0 Å². The van der Waals surface area contributed by atoms with Crippen molar-refractivity contribution >= 4 is 34.1 Å². The third kappa shape index (κ3) is 5.14. The predicted octanol–water partition coefficient (Wildman–Crippen LogP) is 4.64. The topological polar surface area (TPSA) is 54.9 Å². The van der Waals surface area contributed by atoms with Crippen molar-refractivity contribution in [2.24, 2.45) is 0 Å². The predicted molar refractivity (Wildman–Crippen MR) is 106 cm³/mol. The third-order valence-corrected chi connectivity index (χ3v) is 5.34. The number of benzene rings is 1. The molecule has 6 heteroatoms. The van der Waals surface area contributed by atoms with Crippen LogP contribution in [0.3, 0.4) is 0 Å². The number of carbonyl (C=O) groups is 1. The molecule has 0 aliphatic rings. The Balaban J connectivity index is 1.51. The van der Waals surface area contributed by atoms with Crippen molar-refractivity contribution in [3.05, 3.63) is 65.3 Å². The van der Waals surface area contributed by atoms with Gasteiger partial charge in [-0.15, -0.1) is 23.1 Å². The Kier molecular flexibility index (Phi) is 6.19. The Morgan fingerprint density at radius 1 is 1.20 bits per heavy atom. The molecular formula is C19H19N3OS2. The average Bonchev–Trinajstić information content (AvgIpc) is 3.11. The highest BCUT2D eigenvalue weighted by molar-refractivity contribution is 7.99. The normalized spacial score (nSPS) is 10.6. The van der Waals surface area contributed by atoms with Crippen molar-refractivity contribution < 1.29 is 4.79 Å².